The molecule has 2 saturated carbocycles. The number of hydrogen-bond donors (Lipinski definition) is 2. The molecule has 2 fully saturated rings. The highest BCUT2D eigenvalue weighted by atomic mass is 16.4. The molecule has 0 spiro atoms. The highest BCUT2D eigenvalue weighted by Gasteiger charge is 2.45. The first-order valence-electron chi connectivity index (χ1n) is 5.07. The Balaban J connectivity index is 1.89. The summed E-state index contributed by atoms with van der Waals surface area (Å²) in [6, 6.07) is 0. The van der Waals surface area contributed by atoms with Crippen molar-refractivity contribution in [3.8, 4) is 0 Å². The van der Waals surface area contributed by atoms with E-state index in [0.29, 0.717) is 6.42 Å². The van der Waals surface area contributed by atoms with Crippen molar-refractivity contribution in [3.05, 3.63) is 0 Å². The summed E-state index contributed by atoms with van der Waals surface area (Å²) in [6.07, 6.45) is 3.40. The third-order valence-corrected chi connectivity index (χ3v) is 3.35. The van der Waals surface area contributed by atoms with Crippen LogP contribution in [-0.2, 0) is 9.59 Å². The molecule has 0 aromatic carbocycles. The van der Waals surface area contributed by atoms with Crippen LogP contribution in [0.25, 0.3) is 0 Å². The van der Waals surface area contributed by atoms with Gasteiger partial charge in [0.1, 0.15) is 0 Å². The van der Waals surface area contributed by atoms with E-state index in [1.54, 1.807) is 0 Å². The van der Waals surface area contributed by atoms with E-state index in [1.165, 1.54) is 0 Å². The summed E-state index contributed by atoms with van der Waals surface area (Å²) in [7, 11) is 0. The fraction of sp³-hybridized carbons (Fsp3) is 0.800. The van der Waals surface area contributed by atoms with E-state index in [2.05, 4.69) is 5.32 Å². The molecule has 78 valence electrons. The second-order valence-electron chi connectivity index (χ2n) is 4.68. The molecule has 4 heteroatoms. The van der Waals surface area contributed by atoms with Gasteiger partial charge >= 0.3 is 5.97 Å². The molecule has 0 heterocycles. The Hall–Kier alpha value is -1.06. The van der Waals surface area contributed by atoms with Gasteiger partial charge in [-0.3, -0.25) is 9.59 Å². The predicted molar refractivity (Wildman–Crippen MR) is 49.6 cm³/mol. The van der Waals surface area contributed by atoms with E-state index < -0.39 is 11.9 Å². The number of carboxylic acid groups (broad SMARTS) is 1. The fourth-order valence-corrected chi connectivity index (χ4v) is 1.81. The number of carboxylic acids is 1. The maximum atomic E-state index is 11.6. The molecule has 0 radical (unpaired) electrons. The molecule has 2 rings (SSSR count). The first-order chi connectivity index (χ1) is 6.52. The molecule has 0 bridgehead atoms. The Kier molecular flexibility index (Phi) is 2.01. The Bertz CT molecular complexity index is 283. The second-order valence-corrected chi connectivity index (χ2v) is 4.68. The number of nitrogens with one attached hydrogen (secondary N) is 1. The molecule has 14 heavy (non-hydrogen) atoms. The lowest BCUT2D eigenvalue weighted by Crippen LogP contribution is -2.47. The van der Waals surface area contributed by atoms with Crippen LogP contribution in [0.3, 0.4) is 0 Å². The van der Waals surface area contributed by atoms with Crippen molar-refractivity contribution >= 4 is 11.9 Å². The molecule has 2 aliphatic carbocycles. The van der Waals surface area contributed by atoms with Gasteiger partial charge < -0.3 is 10.4 Å². The third-order valence-electron chi connectivity index (χ3n) is 3.35. The summed E-state index contributed by atoms with van der Waals surface area (Å²) in [5, 5.41) is 11.7. The second kappa shape index (κ2) is 2.97. The standard InChI is InChI=1S/C10H15NO3/c1-10(4-5-10)11-8(12)6-2-3-7(6)9(13)14/h6-7H,2-5H2,1H3,(H,11,12)(H,13,14). The van der Waals surface area contributed by atoms with Crippen LogP contribution in [0.4, 0.5) is 0 Å². The van der Waals surface area contributed by atoms with Crippen molar-refractivity contribution < 1.29 is 14.7 Å². The topological polar surface area (TPSA) is 66.4 Å². The van der Waals surface area contributed by atoms with Gasteiger partial charge in [-0.25, -0.2) is 0 Å². The van der Waals surface area contributed by atoms with E-state index in [1.807, 2.05) is 6.92 Å². The van der Waals surface area contributed by atoms with Crippen molar-refractivity contribution in [3.63, 3.8) is 0 Å². The number of aliphatic carboxylic acids is 1. The lowest BCUT2D eigenvalue weighted by Gasteiger charge is -2.32. The summed E-state index contributed by atoms with van der Waals surface area (Å²) >= 11 is 0. The molecule has 1 amide bonds. The molecule has 0 aliphatic heterocycles. The summed E-state index contributed by atoms with van der Waals surface area (Å²) in [6.45, 7) is 2.00. The fourth-order valence-electron chi connectivity index (χ4n) is 1.81. The average Bonchev–Trinajstić information content (AvgIpc) is 2.62. The van der Waals surface area contributed by atoms with Crippen LogP contribution in [0, 0.1) is 11.8 Å². The van der Waals surface area contributed by atoms with Crippen LogP contribution in [-0.4, -0.2) is 22.5 Å². The molecule has 2 atom stereocenters. The van der Waals surface area contributed by atoms with Crippen molar-refractivity contribution in [2.75, 3.05) is 0 Å². The monoisotopic (exact) mass is 197 g/mol. The Morgan fingerprint density at radius 1 is 1.29 bits per heavy atom. The van der Waals surface area contributed by atoms with Gasteiger partial charge in [-0.1, -0.05) is 0 Å². The lowest BCUT2D eigenvalue weighted by atomic mass is 9.73. The van der Waals surface area contributed by atoms with E-state index in [4.69, 9.17) is 5.11 Å². The zero-order valence-electron chi connectivity index (χ0n) is 8.25. The zero-order valence-corrected chi connectivity index (χ0v) is 8.25. The summed E-state index contributed by atoms with van der Waals surface area (Å²) in [5.41, 5.74) is -0.0320. The average molecular weight is 197 g/mol. The van der Waals surface area contributed by atoms with Gasteiger partial charge in [0.05, 0.1) is 11.8 Å². The number of carbonyl (C=O) groups excluding carboxylic acids is 1. The van der Waals surface area contributed by atoms with Crippen LogP contribution in [0.1, 0.15) is 32.6 Å². The molecule has 0 aromatic rings. The van der Waals surface area contributed by atoms with Crippen molar-refractivity contribution in [2.24, 2.45) is 11.8 Å². The smallest absolute Gasteiger partial charge is 0.307 e. The Morgan fingerprint density at radius 2 is 1.86 bits per heavy atom. The minimum absolute atomic E-state index is 0.0320. The van der Waals surface area contributed by atoms with Gasteiger partial charge in [-0.15, -0.1) is 0 Å². The van der Waals surface area contributed by atoms with Crippen LogP contribution >= 0.6 is 0 Å². The van der Waals surface area contributed by atoms with Crippen LogP contribution < -0.4 is 5.32 Å². The minimum atomic E-state index is -0.836. The predicted octanol–water partition coefficient (Wildman–Crippen LogP) is 0.766. The molecule has 2 aliphatic rings. The molecule has 4 nitrogen and oxygen atoms in total. The summed E-state index contributed by atoms with van der Waals surface area (Å²) in [4.78, 5) is 22.3. The Morgan fingerprint density at radius 3 is 2.21 bits per heavy atom. The van der Waals surface area contributed by atoms with Crippen LogP contribution in [0.5, 0.6) is 0 Å². The molecular formula is C10H15NO3. The molecule has 0 saturated heterocycles. The Labute approximate surface area is 82.7 Å². The largest absolute Gasteiger partial charge is 0.481 e. The highest BCUT2D eigenvalue weighted by Crippen LogP contribution is 2.38. The van der Waals surface area contributed by atoms with Gasteiger partial charge in [-0.2, -0.15) is 0 Å². The number of hydrogen-bond acceptors (Lipinski definition) is 2. The SMILES string of the molecule is CC1(NC(=O)C2CCC2C(=O)O)CC1. The summed E-state index contributed by atoms with van der Waals surface area (Å²) < 4.78 is 0. The lowest BCUT2D eigenvalue weighted by molar-refractivity contribution is -0.153. The van der Waals surface area contributed by atoms with E-state index in [0.717, 1.165) is 19.3 Å². The van der Waals surface area contributed by atoms with E-state index in [-0.39, 0.29) is 17.4 Å². The first-order valence-corrected chi connectivity index (χ1v) is 5.07. The normalized spacial score (nSPS) is 32.9. The summed E-state index contributed by atoms with van der Waals surface area (Å²) in [5.74, 6) is -1.64. The molecule has 0 aromatic heterocycles. The van der Waals surface area contributed by atoms with Crippen molar-refractivity contribution in [2.45, 2.75) is 38.1 Å². The molecular weight excluding hydrogens is 182 g/mol. The maximum Gasteiger partial charge on any atom is 0.307 e. The van der Waals surface area contributed by atoms with Crippen molar-refractivity contribution in [1.82, 2.24) is 5.32 Å². The van der Waals surface area contributed by atoms with Crippen molar-refractivity contribution in [1.29, 1.82) is 0 Å². The third kappa shape index (κ3) is 1.61. The maximum absolute atomic E-state index is 11.6. The van der Waals surface area contributed by atoms with Crippen LogP contribution in [0.15, 0.2) is 0 Å². The van der Waals surface area contributed by atoms with Gasteiger partial charge in [0.25, 0.3) is 0 Å². The number of rotatable bonds is 3. The van der Waals surface area contributed by atoms with Gasteiger partial charge in [-0.05, 0) is 32.6 Å². The number of carbonyl (C=O) groups is 2. The van der Waals surface area contributed by atoms with Gasteiger partial charge in [0.15, 0.2) is 0 Å². The zero-order chi connectivity index (χ0) is 10.3. The minimum Gasteiger partial charge on any atom is -0.481 e. The van der Waals surface area contributed by atoms with Gasteiger partial charge in [0, 0.05) is 5.54 Å². The van der Waals surface area contributed by atoms with E-state index in [9.17, 15) is 9.59 Å². The van der Waals surface area contributed by atoms with Crippen LogP contribution in [0.2, 0.25) is 0 Å². The van der Waals surface area contributed by atoms with E-state index >= 15 is 0 Å². The first kappa shape index (κ1) is 9.49. The highest BCUT2D eigenvalue weighted by molar-refractivity contribution is 5.86. The molecule has 2 unspecified atom stereocenters. The number of amides is 1. The molecule has 2 N–H and O–H groups in total. The van der Waals surface area contributed by atoms with Gasteiger partial charge in [0.2, 0.25) is 5.91 Å². The quantitative estimate of drug-likeness (QED) is 0.702.